The average Bonchev–Trinajstić information content (AvgIpc) is 2.30. The Morgan fingerprint density at radius 3 is 2.11 bits per heavy atom. The molecule has 0 N–H and O–H groups in total. The Balaban J connectivity index is 4.43. The molecule has 0 heterocycles. The lowest BCUT2D eigenvalue weighted by Crippen LogP contribution is -2.20. The predicted molar refractivity (Wildman–Crippen MR) is 66.5 cm³/mol. The van der Waals surface area contributed by atoms with E-state index in [0.29, 0.717) is 6.29 Å². The average molecular weight is 280 g/mol. The zero-order valence-corrected chi connectivity index (χ0v) is 12.0. The van der Waals surface area contributed by atoms with E-state index < -0.39 is 19.5 Å². The van der Waals surface area contributed by atoms with Gasteiger partial charge in [-0.1, -0.05) is 0 Å². The third-order valence-corrected chi connectivity index (χ3v) is 4.23. The molecule has 0 aromatic rings. The van der Waals surface area contributed by atoms with Crippen LogP contribution in [0.1, 0.15) is 27.2 Å². The molecule has 0 bridgehead atoms. The van der Waals surface area contributed by atoms with Crippen molar-refractivity contribution >= 4 is 19.9 Å². The van der Waals surface area contributed by atoms with Crippen LogP contribution in [0.2, 0.25) is 0 Å². The summed E-state index contributed by atoms with van der Waals surface area (Å²) in [5, 5.41) is 0. The van der Waals surface area contributed by atoms with Crippen molar-refractivity contribution in [2.24, 2.45) is 5.92 Å². The fourth-order valence-electron chi connectivity index (χ4n) is 1.35. The van der Waals surface area contributed by atoms with Crippen molar-refractivity contribution in [3.63, 3.8) is 0 Å². The van der Waals surface area contributed by atoms with Crippen LogP contribution < -0.4 is 0 Å². The number of esters is 1. The number of aldehydes is 1. The molecule has 6 nitrogen and oxygen atoms in total. The second-order valence-electron chi connectivity index (χ2n) is 3.45. The molecule has 0 aliphatic carbocycles. The fourth-order valence-corrected chi connectivity index (χ4v) is 3.06. The molecule has 0 saturated heterocycles. The van der Waals surface area contributed by atoms with Crippen molar-refractivity contribution in [2.45, 2.75) is 27.2 Å². The summed E-state index contributed by atoms with van der Waals surface area (Å²) in [5.74, 6) is -1.52. The van der Waals surface area contributed by atoms with Gasteiger partial charge in [-0.2, -0.15) is 0 Å². The lowest BCUT2D eigenvalue weighted by atomic mass is 10.1. The molecule has 106 valence electrons. The van der Waals surface area contributed by atoms with E-state index in [4.69, 9.17) is 13.8 Å². The highest BCUT2D eigenvalue weighted by molar-refractivity contribution is 7.53. The molecule has 0 fully saturated rings. The Labute approximate surface area is 108 Å². The van der Waals surface area contributed by atoms with Crippen LogP contribution in [0, 0.1) is 5.92 Å². The maximum absolute atomic E-state index is 12.1. The van der Waals surface area contributed by atoms with Gasteiger partial charge in [0.2, 0.25) is 0 Å². The molecule has 0 saturated carbocycles. The van der Waals surface area contributed by atoms with E-state index in [1.54, 1.807) is 20.8 Å². The van der Waals surface area contributed by atoms with Crippen molar-refractivity contribution in [1.29, 1.82) is 0 Å². The molecule has 0 aliphatic rings. The van der Waals surface area contributed by atoms with Gasteiger partial charge >= 0.3 is 13.6 Å². The van der Waals surface area contributed by atoms with Gasteiger partial charge in [0.15, 0.2) is 0 Å². The predicted octanol–water partition coefficient (Wildman–Crippen LogP) is 2.02. The van der Waals surface area contributed by atoms with Crippen LogP contribution in [-0.2, 0) is 27.9 Å². The number of rotatable bonds is 10. The second-order valence-corrected chi connectivity index (χ2v) is 5.64. The second kappa shape index (κ2) is 9.25. The number of hydrogen-bond acceptors (Lipinski definition) is 6. The highest BCUT2D eigenvalue weighted by Gasteiger charge is 2.28. The molecule has 0 aromatic heterocycles. The number of carbonyl (C=O) groups excluding carboxylic acids is 2. The van der Waals surface area contributed by atoms with Gasteiger partial charge in [-0.05, 0) is 27.2 Å². The standard InChI is InChI=1S/C11H21O6P/c1-4-15-11(13)10(9-12)7-8-18(14,16-5-2)17-6-3/h9-10H,4-8H2,1-3H3. The Hall–Kier alpha value is -0.710. The molecule has 0 aromatic carbocycles. The lowest BCUT2D eigenvalue weighted by Gasteiger charge is -2.18. The molecule has 1 atom stereocenters. The summed E-state index contributed by atoms with van der Waals surface area (Å²) >= 11 is 0. The molecule has 0 spiro atoms. The Morgan fingerprint density at radius 1 is 1.17 bits per heavy atom. The summed E-state index contributed by atoms with van der Waals surface area (Å²) in [5.41, 5.74) is 0. The summed E-state index contributed by atoms with van der Waals surface area (Å²) in [6, 6.07) is 0. The minimum Gasteiger partial charge on any atom is -0.465 e. The van der Waals surface area contributed by atoms with E-state index in [0.717, 1.165) is 0 Å². The number of carbonyl (C=O) groups is 2. The molecule has 18 heavy (non-hydrogen) atoms. The van der Waals surface area contributed by atoms with Crippen molar-refractivity contribution in [3.05, 3.63) is 0 Å². The Morgan fingerprint density at radius 2 is 1.72 bits per heavy atom. The summed E-state index contributed by atoms with van der Waals surface area (Å²) in [6.07, 6.45) is 0.622. The first kappa shape index (κ1) is 17.3. The van der Waals surface area contributed by atoms with Gasteiger partial charge in [0, 0.05) is 0 Å². The Kier molecular flexibility index (Phi) is 8.89. The first-order valence-corrected chi connectivity index (χ1v) is 7.75. The van der Waals surface area contributed by atoms with E-state index in [1.165, 1.54) is 0 Å². The van der Waals surface area contributed by atoms with Gasteiger partial charge in [0.25, 0.3) is 0 Å². The van der Waals surface area contributed by atoms with Gasteiger partial charge in [0.1, 0.15) is 12.2 Å². The van der Waals surface area contributed by atoms with E-state index in [9.17, 15) is 14.2 Å². The van der Waals surface area contributed by atoms with Gasteiger partial charge in [-0.25, -0.2) is 0 Å². The van der Waals surface area contributed by atoms with Gasteiger partial charge < -0.3 is 18.6 Å². The van der Waals surface area contributed by atoms with Crippen LogP contribution in [0.25, 0.3) is 0 Å². The zero-order chi connectivity index (χ0) is 14.0. The van der Waals surface area contributed by atoms with E-state index >= 15 is 0 Å². The topological polar surface area (TPSA) is 78.9 Å². The SMILES string of the molecule is CCOC(=O)C(C=O)CCP(=O)(OCC)OCC. The number of ether oxygens (including phenoxy) is 1. The highest BCUT2D eigenvalue weighted by atomic mass is 31.2. The molecule has 0 amide bonds. The number of hydrogen-bond donors (Lipinski definition) is 0. The van der Waals surface area contributed by atoms with Gasteiger partial charge in [-0.15, -0.1) is 0 Å². The van der Waals surface area contributed by atoms with Crippen LogP contribution >= 0.6 is 7.60 Å². The zero-order valence-electron chi connectivity index (χ0n) is 11.1. The fraction of sp³-hybridized carbons (Fsp3) is 0.818. The molecule has 0 radical (unpaired) electrons. The van der Waals surface area contributed by atoms with Gasteiger partial charge in [0.05, 0.1) is 26.0 Å². The minimum atomic E-state index is -3.21. The summed E-state index contributed by atoms with van der Waals surface area (Å²) < 4.78 is 27.0. The molecule has 0 rings (SSSR count). The van der Waals surface area contributed by atoms with Crippen LogP contribution in [-0.4, -0.2) is 38.2 Å². The van der Waals surface area contributed by atoms with Crippen molar-refractivity contribution in [1.82, 2.24) is 0 Å². The Bertz CT molecular complexity index is 294. The normalized spacial score (nSPS) is 13.1. The van der Waals surface area contributed by atoms with Crippen LogP contribution in [0.15, 0.2) is 0 Å². The monoisotopic (exact) mass is 280 g/mol. The maximum atomic E-state index is 12.1. The first-order valence-electron chi connectivity index (χ1n) is 6.03. The van der Waals surface area contributed by atoms with E-state index in [-0.39, 0.29) is 32.4 Å². The highest BCUT2D eigenvalue weighted by Crippen LogP contribution is 2.48. The molecule has 7 heteroatoms. The quantitative estimate of drug-likeness (QED) is 0.263. The van der Waals surface area contributed by atoms with Crippen LogP contribution in [0.4, 0.5) is 0 Å². The smallest absolute Gasteiger partial charge is 0.330 e. The third-order valence-electron chi connectivity index (χ3n) is 2.12. The molecule has 1 unspecified atom stereocenters. The summed E-state index contributed by atoms with van der Waals surface area (Å²) in [7, 11) is -3.21. The van der Waals surface area contributed by atoms with E-state index in [2.05, 4.69) is 0 Å². The van der Waals surface area contributed by atoms with Gasteiger partial charge in [-0.3, -0.25) is 9.36 Å². The molecule has 0 aliphatic heterocycles. The first-order chi connectivity index (χ1) is 8.52. The minimum absolute atomic E-state index is 0.0247. The molecular formula is C11H21O6P. The van der Waals surface area contributed by atoms with Crippen LogP contribution in [0.5, 0.6) is 0 Å². The lowest BCUT2D eigenvalue weighted by molar-refractivity contribution is -0.149. The van der Waals surface area contributed by atoms with Crippen molar-refractivity contribution < 1.29 is 27.9 Å². The van der Waals surface area contributed by atoms with Crippen molar-refractivity contribution in [2.75, 3.05) is 26.0 Å². The summed E-state index contributed by atoms with van der Waals surface area (Å²) in [4.78, 5) is 22.2. The maximum Gasteiger partial charge on any atom is 0.330 e. The van der Waals surface area contributed by atoms with E-state index in [1.807, 2.05) is 0 Å². The largest absolute Gasteiger partial charge is 0.465 e. The van der Waals surface area contributed by atoms with Crippen LogP contribution in [0.3, 0.4) is 0 Å². The summed E-state index contributed by atoms with van der Waals surface area (Å²) in [6.45, 7) is 5.77. The molecular weight excluding hydrogens is 259 g/mol. The van der Waals surface area contributed by atoms with Crippen molar-refractivity contribution in [3.8, 4) is 0 Å². The third kappa shape index (κ3) is 6.28.